The SMILES string of the molecule is CN(Cc1cccc(Br)c1)C(=O)C/C(N)=N/O. The van der Waals surface area contributed by atoms with Crippen LogP contribution in [0.4, 0.5) is 0 Å². The predicted octanol–water partition coefficient (Wildman–Crippen LogP) is 1.54. The molecule has 0 radical (unpaired) electrons. The third kappa shape index (κ3) is 4.44. The Kier molecular flexibility index (Phi) is 4.96. The highest BCUT2D eigenvalue weighted by Crippen LogP contribution is 2.13. The standard InChI is InChI=1S/C11H14BrN3O2/c1-15(11(16)6-10(13)14-17)7-8-3-2-4-9(12)5-8/h2-5,17H,6-7H2,1H3,(H2,13,14). The van der Waals surface area contributed by atoms with Crippen LogP contribution in [-0.2, 0) is 11.3 Å². The number of amidine groups is 1. The van der Waals surface area contributed by atoms with Gasteiger partial charge in [0.05, 0.1) is 6.42 Å². The number of nitrogens with zero attached hydrogens (tertiary/aromatic N) is 2. The molecule has 0 aliphatic heterocycles. The molecule has 5 nitrogen and oxygen atoms in total. The zero-order valence-corrected chi connectivity index (χ0v) is 11.0. The summed E-state index contributed by atoms with van der Waals surface area (Å²) in [6.07, 6.45) is -0.0823. The van der Waals surface area contributed by atoms with Crippen molar-refractivity contribution in [2.45, 2.75) is 13.0 Å². The van der Waals surface area contributed by atoms with E-state index in [0.29, 0.717) is 6.54 Å². The summed E-state index contributed by atoms with van der Waals surface area (Å²) in [4.78, 5) is 13.2. The first-order valence-electron chi connectivity index (χ1n) is 4.97. The molecule has 0 aliphatic rings. The Labute approximate surface area is 108 Å². The maximum Gasteiger partial charge on any atom is 0.230 e. The lowest BCUT2D eigenvalue weighted by Gasteiger charge is -2.17. The summed E-state index contributed by atoms with van der Waals surface area (Å²) in [5.74, 6) is -0.281. The van der Waals surface area contributed by atoms with Gasteiger partial charge < -0.3 is 15.8 Å². The highest BCUT2D eigenvalue weighted by molar-refractivity contribution is 9.10. The second-order valence-corrected chi connectivity index (χ2v) is 4.56. The highest BCUT2D eigenvalue weighted by atomic mass is 79.9. The number of rotatable bonds is 4. The van der Waals surface area contributed by atoms with Gasteiger partial charge in [-0.05, 0) is 17.7 Å². The molecule has 0 saturated carbocycles. The van der Waals surface area contributed by atoms with Gasteiger partial charge in [0, 0.05) is 18.1 Å². The fraction of sp³-hybridized carbons (Fsp3) is 0.273. The molecule has 0 unspecified atom stereocenters. The topological polar surface area (TPSA) is 78.9 Å². The van der Waals surface area contributed by atoms with Crippen LogP contribution >= 0.6 is 15.9 Å². The Hall–Kier alpha value is -1.56. The van der Waals surface area contributed by atoms with E-state index in [-0.39, 0.29) is 18.2 Å². The summed E-state index contributed by atoms with van der Waals surface area (Å²) in [7, 11) is 1.67. The predicted molar refractivity (Wildman–Crippen MR) is 68.6 cm³/mol. The van der Waals surface area contributed by atoms with Crippen molar-refractivity contribution in [1.82, 2.24) is 4.90 Å². The van der Waals surface area contributed by atoms with Crippen molar-refractivity contribution in [2.75, 3.05) is 7.05 Å². The Morgan fingerprint density at radius 3 is 2.88 bits per heavy atom. The Bertz CT molecular complexity index is 434. The minimum atomic E-state index is -0.194. The molecule has 1 amide bonds. The quantitative estimate of drug-likeness (QED) is 0.383. The number of carbonyl (C=O) groups is 1. The minimum Gasteiger partial charge on any atom is -0.409 e. The number of amides is 1. The van der Waals surface area contributed by atoms with Gasteiger partial charge in [-0.3, -0.25) is 4.79 Å². The fourth-order valence-electron chi connectivity index (χ4n) is 1.32. The third-order valence-electron chi connectivity index (χ3n) is 2.20. The van der Waals surface area contributed by atoms with E-state index < -0.39 is 0 Å². The van der Waals surface area contributed by atoms with E-state index in [1.807, 2.05) is 24.3 Å². The summed E-state index contributed by atoms with van der Waals surface area (Å²) in [5.41, 5.74) is 6.28. The zero-order chi connectivity index (χ0) is 12.8. The Balaban J connectivity index is 2.60. The number of halogens is 1. The van der Waals surface area contributed by atoms with Crippen LogP contribution in [0.2, 0.25) is 0 Å². The van der Waals surface area contributed by atoms with Crippen molar-refractivity contribution in [2.24, 2.45) is 10.9 Å². The van der Waals surface area contributed by atoms with Crippen LogP contribution in [0.5, 0.6) is 0 Å². The number of benzene rings is 1. The van der Waals surface area contributed by atoms with E-state index in [1.54, 1.807) is 7.05 Å². The average Bonchev–Trinajstić information content (AvgIpc) is 2.28. The summed E-state index contributed by atoms with van der Waals surface area (Å²) in [6.45, 7) is 0.483. The Morgan fingerprint density at radius 2 is 2.29 bits per heavy atom. The normalized spacial score (nSPS) is 11.3. The van der Waals surface area contributed by atoms with Gasteiger partial charge in [-0.25, -0.2) is 0 Å². The number of carbonyl (C=O) groups excluding carboxylic acids is 1. The first kappa shape index (κ1) is 13.5. The maximum atomic E-state index is 11.6. The molecule has 0 aromatic heterocycles. The second-order valence-electron chi connectivity index (χ2n) is 3.65. The van der Waals surface area contributed by atoms with Crippen LogP contribution < -0.4 is 5.73 Å². The molecule has 0 atom stereocenters. The summed E-state index contributed by atoms with van der Waals surface area (Å²) < 4.78 is 0.965. The molecule has 6 heteroatoms. The van der Waals surface area contributed by atoms with Crippen molar-refractivity contribution >= 4 is 27.7 Å². The first-order chi connectivity index (χ1) is 8.02. The molecule has 1 aromatic rings. The van der Waals surface area contributed by atoms with Crippen LogP contribution in [0.3, 0.4) is 0 Å². The van der Waals surface area contributed by atoms with Gasteiger partial charge in [-0.15, -0.1) is 0 Å². The van der Waals surface area contributed by atoms with E-state index >= 15 is 0 Å². The maximum absolute atomic E-state index is 11.6. The molecule has 0 spiro atoms. The summed E-state index contributed by atoms with van der Waals surface area (Å²) >= 11 is 3.36. The van der Waals surface area contributed by atoms with Crippen molar-refractivity contribution in [3.05, 3.63) is 34.3 Å². The van der Waals surface area contributed by atoms with Gasteiger partial charge >= 0.3 is 0 Å². The summed E-state index contributed by atoms with van der Waals surface area (Å²) in [5, 5.41) is 11.1. The average molecular weight is 300 g/mol. The number of nitrogens with two attached hydrogens (primary N) is 1. The van der Waals surface area contributed by atoms with Gasteiger partial charge in [0.2, 0.25) is 5.91 Å². The lowest BCUT2D eigenvalue weighted by molar-refractivity contribution is -0.129. The first-order valence-corrected chi connectivity index (χ1v) is 5.77. The molecule has 1 rings (SSSR count). The fourth-order valence-corrected chi connectivity index (χ4v) is 1.77. The molecular weight excluding hydrogens is 286 g/mol. The second kappa shape index (κ2) is 6.24. The van der Waals surface area contributed by atoms with Crippen molar-refractivity contribution in [3.8, 4) is 0 Å². The Morgan fingerprint density at radius 1 is 1.59 bits per heavy atom. The molecule has 0 aliphatic carbocycles. The van der Waals surface area contributed by atoms with Crippen LogP contribution in [-0.4, -0.2) is 28.9 Å². The lowest BCUT2D eigenvalue weighted by Crippen LogP contribution is -2.30. The third-order valence-corrected chi connectivity index (χ3v) is 2.69. The number of oxime groups is 1. The molecule has 17 heavy (non-hydrogen) atoms. The highest BCUT2D eigenvalue weighted by Gasteiger charge is 2.11. The van der Waals surface area contributed by atoms with E-state index in [2.05, 4.69) is 21.1 Å². The number of hydrogen-bond donors (Lipinski definition) is 2. The molecule has 0 saturated heterocycles. The van der Waals surface area contributed by atoms with Crippen LogP contribution in [0.25, 0.3) is 0 Å². The lowest BCUT2D eigenvalue weighted by atomic mass is 10.2. The molecule has 0 bridgehead atoms. The zero-order valence-electron chi connectivity index (χ0n) is 9.43. The molecule has 0 heterocycles. The van der Waals surface area contributed by atoms with E-state index in [0.717, 1.165) is 10.0 Å². The smallest absolute Gasteiger partial charge is 0.230 e. The number of hydrogen-bond acceptors (Lipinski definition) is 3. The molecule has 0 fully saturated rings. The van der Waals surface area contributed by atoms with Gasteiger partial charge in [-0.2, -0.15) is 0 Å². The van der Waals surface area contributed by atoms with Crippen LogP contribution in [0.15, 0.2) is 33.9 Å². The van der Waals surface area contributed by atoms with Crippen LogP contribution in [0, 0.1) is 0 Å². The van der Waals surface area contributed by atoms with Gasteiger partial charge in [0.15, 0.2) is 0 Å². The van der Waals surface area contributed by atoms with Crippen molar-refractivity contribution in [3.63, 3.8) is 0 Å². The minimum absolute atomic E-state index is 0.0823. The van der Waals surface area contributed by atoms with Crippen LogP contribution in [0.1, 0.15) is 12.0 Å². The molecule has 1 aromatic carbocycles. The molecule has 92 valence electrons. The van der Waals surface area contributed by atoms with Gasteiger partial charge in [0.25, 0.3) is 0 Å². The molecular formula is C11H14BrN3O2. The van der Waals surface area contributed by atoms with Gasteiger partial charge in [-0.1, -0.05) is 33.2 Å². The van der Waals surface area contributed by atoms with E-state index in [9.17, 15) is 4.79 Å². The largest absolute Gasteiger partial charge is 0.409 e. The molecule has 3 N–H and O–H groups in total. The monoisotopic (exact) mass is 299 g/mol. The van der Waals surface area contributed by atoms with E-state index in [4.69, 9.17) is 10.9 Å². The van der Waals surface area contributed by atoms with Gasteiger partial charge in [0.1, 0.15) is 5.84 Å². The van der Waals surface area contributed by atoms with Crippen molar-refractivity contribution < 1.29 is 10.0 Å². The summed E-state index contributed by atoms with van der Waals surface area (Å²) in [6, 6.07) is 7.69. The van der Waals surface area contributed by atoms with Crippen molar-refractivity contribution in [1.29, 1.82) is 0 Å². The van der Waals surface area contributed by atoms with E-state index in [1.165, 1.54) is 4.90 Å².